The number of likely N-dealkylation sites (tertiary alicyclic amines) is 1. The van der Waals surface area contributed by atoms with Crippen molar-refractivity contribution >= 4 is 34.8 Å². The molecule has 3 aromatic rings. The minimum absolute atomic E-state index is 0.0275. The van der Waals surface area contributed by atoms with E-state index in [4.69, 9.17) is 5.84 Å². The molecule has 0 bridgehead atoms. The first-order chi connectivity index (χ1) is 20.2. The van der Waals surface area contributed by atoms with Crippen LogP contribution in [0, 0.1) is 0 Å². The average molecular weight is 575 g/mol. The van der Waals surface area contributed by atoms with E-state index in [2.05, 4.69) is 57.9 Å². The maximum absolute atomic E-state index is 14.2. The molecule has 10 heteroatoms. The molecule has 42 heavy (non-hydrogen) atoms. The van der Waals surface area contributed by atoms with E-state index in [0.717, 1.165) is 66.7 Å². The lowest BCUT2D eigenvalue weighted by Crippen LogP contribution is -2.96. The largest absolute Gasteiger partial charge is 0.367 e. The molecule has 6 N–H and O–H groups in total. The van der Waals surface area contributed by atoms with Gasteiger partial charge in [-0.25, -0.2) is 5.84 Å². The van der Waals surface area contributed by atoms with Crippen LogP contribution in [0.15, 0.2) is 54.7 Å². The first-order valence-electron chi connectivity index (χ1n) is 14.9. The predicted molar refractivity (Wildman–Crippen MR) is 163 cm³/mol. The summed E-state index contributed by atoms with van der Waals surface area (Å²) in [4.78, 5) is 44.7. The van der Waals surface area contributed by atoms with Gasteiger partial charge in [-0.3, -0.25) is 19.4 Å². The highest BCUT2D eigenvalue weighted by molar-refractivity contribution is 5.92. The Morgan fingerprint density at radius 1 is 1.17 bits per heavy atom. The van der Waals surface area contributed by atoms with E-state index in [1.807, 2.05) is 36.2 Å². The molecule has 10 nitrogen and oxygen atoms in total. The van der Waals surface area contributed by atoms with Crippen LogP contribution in [0.25, 0.3) is 10.9 Å². The van der Waals surface area contributed by atoms with Gasteiger partial charge in [-0.15, -0.1) is 0 Å². The molecule has 2 saturated heterocycles. The third-order valence-corrected chi connectivity index (χ3v) is 9.33. The molecule has 3 aliphatic rings. The minimum Gasteiger partial charge on any atom is -0.367 e. The van der Waals surface area contributed by atoms with Crippen molar-refractivity contribution < 1.29 is 19.7 Å². The zero-order chi connectivity index (χ0) is 29.9. The van der Waals surface area contributed by atoms with Gasteiger partial charge in [-0.05, 0) is 49.4 Å². The van der Waals surface area contributed by atoms with Gasteiger partial charge in [0.25, 0.3) is 5.91 Å². The minimum atomic E-state index is -0.596. The van der Waals surface area contributed by atoms with Crippen LogP contribution in [0.4, 0.5) is 5.69 Å². The number of benzene rings is 2. The first kappa shape index (κ1) is 29.6. The van der Waals surface area contributed by atoms with Crippen LogP contribution in [0.2, 0.25) is 0 Å². The number of hydrogen-bond acceptors (Lipinski definition) is 5. The average Bonchev–Trinajstić information content (AvgIpc) is 3.70. The van der Waals surface area contributed by atoms with E-state index in [9.17, 15) is 14.4 Å². The Hall–Kier alpha value is -3.89. The highest BCUT2D eigenvalue weighted by atomic mass is 16.2. The molecule has 1 aromatic heterocycles. The lowest BCUT2D eigenvalue weighted by Gasteiger charge is -2.46. The monoisotopic (exact) mass is 574 g/mol. The number of hydrogen-bond donors (Lipinski definition) is 4. The number of quaternary nitrogens is 1. The van der Waals surface area contributed by atoms with Gasteiger partial charge in [0.2, 0.25) is 12.3 Å². The van der Waals surface area contributed by atoms with Gasteiger partial charge in [0.1, 0.15) is 6.04 Å². The number of aromatic amines is 1. The van der Waals surface area contributed by atoms with Crippen LogP contribution in [0.5, 0.6) is 0 Å². The standard InChI is InChI=1S/C30H37N5O2.C2H6N2O/c1-29(13-7-15-32-29)28(37)33-25(17-22-19-31-24-11-5-4-10-23(22)24)27(36)35-16-8-14-30(20-35)18-21-9-3-6-12-26(21)34(30)2;1-4(3)2-5/h3-6,9-12,19,25,31-32H,7-8,13-18,20H2,1-2H3,(H,33,37);2H,3H2,1H3/p+1/t25-,29?,30?;/m1./s1. The number of amides is 3. The molecule has 224 valence electrons. The number of carbonyl (C=O) groups excluding carboxylic acids is 3. The van der Waals surface area contributed by atoms with E-state index in [1.54, 1.807) is 0 Å². The van der Waals surface area contributed by atoms with Crippen LogP contribution < -0.4 is 21.4 Å². The summed E-state index contributed by atoms with van der Waals surface area (Å²) in [6.45, 7) is 4.37. The third-order valence-electron chi connectivity index (χ3n) is 9.33. The number of H-pyrrole nitrogens is 1. The Morgan fingerprint density at radius 2 is 1.90 bits per heavy atom. The lowest BCUT2D eigenvalue weighted by molar-refractivity contribution is -0.689. The second-order valence-electron chi connectivity index (χ2n) is 12.3. The smallest absolute Gasteiger partial charge is 0.281 e. The lowest BCUT2D eigenvalue weighted by atomic mass is 9.85. The van der Waals surface area contributed by atoms with Crippen LogP contribution in [-0.2, 0) is 27.2 Å². The number of hydrazine groups is 1. The number of fused-ring (bicyclic) bond motifs is 2. The van der Waals surface area contributed by atoms with E-state index in [0.29, 0.717) is 19.4 Å². The van der Waals surface area contributed by atoms with Gasteiger partial charge in [0.05, 0.1) is 12.1 Å². The highest BCUT2D eigenvalue weighted by Gasteiger charge is 2.47. The van der Waals surface area contributed by atoms with E-state index in [1.165, 1.54) is 18.3 Å². The van der Waals surface area contributed by atoms with Gasteiger partial charge in [0.15, 0.2) is 5.54 Å². The number of nitrogens with one attached hydrogen (secondary N) is 2. The summed E-state index contributed by atoms with van der Waals surface area (Å²) in [5.41, 5.74) is 4.14. The maximum Gasteiger partial charge on any atom is 0.281 e. The Kier molecular flexibility index (Phi) is 8.56. The second-order valence-corrected chi connectivity index (χ2v) is 12.3. The number of nitrogens with zero attached hydrogens (tertiary/aromatic N) is 3. The number of carbonyl (C=O) groups is 3. The summed E-state index contributed by atoms with van der Waals surface area (Å²) < 4.78 is 0. The molecule has 3 aliphatic heterocycles. The highest BCUT2D eigenvalue weighted by Crippen LogP contribution is 2.42. The molecule has 0 radical (unpaired) electrons. The zero-order valence-electron chi connectivity index (χ0n) is 24.9. The van der Waals surface area contributed by atoms with Gasteiger partial charge < -0.3 is 25.4 Å². The number of rotatable bonds is 6. The van der Waals surface area contributed by atoms with Crippen LogP contribution in [0.3, 0.4) is 0 Å². The number of para-hydroxylation sites is 2. The van der Waals surface area contributed by atoms with Gasteiger partial charge in [-0.1, -0.05) is 36.4 Å². The fourth-order valence-corrected chi connectivity index (χ4v) is 6.90. The molecule has 0 aliphatic carbocycles. The predicted octanol–water partition coefficient (Wildman–Crippen LogP) is 1.31. The first-order valence-corrected chi connectivity index (χ1v) is 14.9. The van der Waals surface area contributed by atoms with Crippen molar-refractivity contribution in [3.05, 3.63) is 65.9 Å². The molecule has 6 rings (SSSR count). The van der Waals surface area contributed by atoms with E-state index >= 15 is 0 Å². The molecule has 3 atom stereocenters. The molecular weight excluding hydrogens is 530 g/mol. The summed E-state index contributed by atoms with van der Waals surface area (Å²) in [5.74, 6) is 4.76. The summed E-state index contributed by atoms with van der Waals surface area (Å²) in [6.07, 6.45) is 7.83. The number of anilines is 1. The number of nitrogens with two attached hydrogens (primary N) is 2. The van der Waals surface area contributed by atoms with Crippen molar-refractivity contribution in [2.75, 3.05) is 38.6 Å². The zero-order valence-corrected chi connectivity index (χ0v) is 24.9. The van der Waals surface area contributed by atoms with Gasteiger partial charge >= 0.3 is 0 Å². The maximum atomic E-state index is 14.2. The Labute approximate surface area is 247 Å². The fourth-order valence-electron chi connectivity index (χ4n) is 6.90. The van der Waals surface area contributed by atoms with Crippen molar-refractivity contribution in [1.82, 2.24) is 20.2 Å². The van der Waals surface area contributed by atoms with Gasteiger partial charge in [0, 0.05) is 69.2 Å². The summed E-state index contributed by atoms with van der Waals surface area (Å²) in [6, 6.07) is 16.1. The van der Waals surface area contributed by atoms with Crippen LogP contribution in [0.1, 0.15) is 43.7 Å². The Bertz CT molecular complexity index is 1430. The normalized spacial score (nSPS) is 23.7. The number of piperidine rings is 1. The van der Waals surface area contributed by atoms with Crippen molar-refractivity contribution in [3.8, 4) is 0 Å². The molecule has 1 spiro atoms. The fraction of sp³-hybridized carbons (Fsp3) is 0.469. The third kappa shape index (κ3) is 5.87. The van der Waals surface area contributed by atoms with Crippen molar-refractivity contribution in [3.63, 3.8) is 0 Å². The quantitative estimate of drug-likeness (QED) is 0.153. The van der Waals surface area contributed by atoms with Crippen LogP contribution in [-0.4, -0.2) is 84.0 Å². The van der Waals surface area contributed by atoms with E-state index < -0.39 is 11.6 Å². The Balaban J connectivity index is 0.000000652. The van der Waals surface area contributed by atoms with Crippen molar-refractivity contribution in [2.45, 2.75) is 62.6 Å². The SMILES string of the molecule is CN(N)C=O.CN1c2ccccc2CC12CCCN(C(=O)[C@@H](Cc1c[nH]c3ccccc13)NC(=O)C1(C)CCC[NH2+]1)C2. The summed E-state index contributed by atoms with van der Waals surface area (Å²) in [7, 11) is 3.63. The number of aromatic nitrogens is 1. The van der Waals surface area contributed by atoms with Crippen molar-refractivity contribution in [2.24, 2.45) is 5.84 Å². The molecule has 2 fully saturated rings. The molecule has 4 heterocycles. The van der Waals surface area contributed by atoms with Crippen molar-refractivity contribution in [1.29, 1.82) is 0 Å². The molecule has 0 saturated carbocycles. The van der Waals surface area contributed by atoms with E-state index in [-0.39, 0.29) is 17.4 Å². The summed E-state index contributed by atoms with van der Waals surface area (Å²) >= 11 is 0. The molecule has 3 amide bonds. The molecule has 2 unspecified atom stereocenters. The molecule has 2 aromatic carbocycles. The summed E-state index contributed by atoms with van der Waals surface area (Å²) in [5, 5.41) is 7.39. The number of likely N-dealkylation sites (N-methyl/N-ethyl adjacent to an activating group) is 1. The molecular formula is C32H44N7O3+. The van der Waals surface area contributed by atoms with Crippen LogP contribution >= 0.6 is 0 Å². The van der Waals surface area contributed by atoms with Gasteiger partial charge in [-0.2, -0.15) is 0 Å². The Morgan fingerprint density at radius 3 is 2.62 bits per heavy atom. The topological polar surface area (TPSA) is 131 Å². The second kappa shape index (κ2) is 12.1.